The summed E-state index contributed by atoms with van der Waals surface area (Å²) in [7, 11) is 0. The molecule has 1 unspecified atom stereocenters. The second kappa shape index (κ2) is 4.65. The van der Waals surface area contributed by atoms with Gasteiger partial charge in [-0.15, -0.1) is 11.8 Å². The first-order chi connectivity index (χ1) is 6.20. The molecule has 0 spiro atoms. The molecule has 1 aliphatic heterocycles. The van der Waals surface area contributed by atoms with Crippen LogP contribution in [0.2, 0.25) is 0 Å². The third-order valence-electron chi connectivity index (χ3n) is 2.02. The molecular weight excluding hydrogens is 186 g/mol. The maximum absolute atomic E-state index is 11.6. The summed E-state index contributed by atoms with van der Waals surface area (Å²) in [5.74, 6) is 0.903. The van der Waals surface area contributed by atoms with Crippen molar-refractivity contribution in [1.82, 2.24) is 4.90 Å². The summed E-state index contributed by atoms with van der Waals surface area (Å²) in [5, 5.41) is -0.107. The highest BCUT2D eigenvalue weighted by Gasteiger charge is 2.37. The van der Waals surface area contributed by atoms with Crippen LogP contribution in [0.15, 0.2) is 0 Å². The fourth-order valence-corrected chi connectivity index (χ4v) is 2.38. The van der Waals surface area contributed by atoms with Crippen molar-refractivity contribution in [2.24, 2.45) is 0 Å². The summed E-state index contributed by atoms with van der Waals surface area (Å²) >= 11 is 1.57. The van der Waals surface area contributed by atoms with Gasteiger partial charge in [0, 0.05) is 13.0 Å². The number of nitrogens with zero attached hydrogens (tertiary/aromatic N) is 1. The standard InChI is InChI=1S/C9H15NO2S/c1-3-5-10-8(11)6-7(9(10)12)13-4-2/h7H,3-6H2,1-2H3. The van der Waals surface area contributed by atoms with Gasteiger partial charge >= 0.3 is 0 Å². The number of carbonyl (C=O) groups excluding carboxylic acids is 2. The Morgan fingerprint density at radius 1 is 1.46 bits per heavy atom. The second-order valence-corrected chi connectivity index (χ2v) is 4.51. The van der Waals surface area contributed by atoms with Crippen molar-refractivity contribution in [3.8, 4) is 0 Å². The molecule has 2 amide bonds. The normalized spacial score (nSPS) is 22.9. The molecule has 0 bridgehead atoms. The van der Waals surface area contributed by atoms with Crippen LogP contribution in [0.3, 0.4) is 0 Å². The van der Waals surface area contributed by atoms with E-state index in [0.717, 1.165) is 12.2 Å². The van der Waals surface area contributed by atoms with E-state index in [0.29, 0.717) is 13.0 Å². The topological polar surface area (TPSA) is 37.4 Å². The predicted octanol–water partition coefficient (Wildman–Crippen LogP) is 1.28. The predicted molar refractivity (Wildman–Crippen MR) is 53.5 cm³/mol. The third kappa shape index (κ3) is 2.24. The van der Waals surface area contributed by atoms with E-state index in [1.54, 1.807) is 11.8 Å². The molecule has 0 N–H and O–H groups in total. The van der Waals surface area contributed by atoms with Gasteiger partial charge in [0.05, 0.1) is 5.25 Å². The van der Waals surface area contributed by atoms with Gasteiger partial charge in [-0.2, -0.15) is 0 Å². The molecular formula is C9H15NO2S. The molecule has 1 rings (SSSR count). The fourth-order valence-electron chi connectivity index (χ4n) is 1.44. The number of hydrogen-bond donors (Lipinski definition) is 0. The first-order valence-electron chi connectivity index (χ1n) is 4.66. The van der Waals surface area contributed by atoms with Gasteiger partial charge in [0.15, 0.2) is 0 Å². The minimum atomic E-state index is -0.107. The van der Waals surface area contributed by atoms with E-state index in [2.05, 4.69) is 0 Å². The van der Waals surface area contributed by atoms with E-state index in [-0.39, 0.29) is 17.1 Å². The molecule has 0 radical (unpaired) electrons. The molecule has 1 heterocycles. The van der Waals surface area contributed by atoms with E-state index in [4.69, 9.17) is 0 Å². The van der Waals surface area contributed by atoms with Gasteiger partial charge in [-0.1, -0.05) is 13.8 Å². The average molecular weight is 201 g/mol. The molecule has 1 atom stereocenters. The van der Waals surface area contributed by atoms with Crippen molar-refractivity contribution >= 4 is 23.6 Å². The lowest BCUT2D eigenvalue weighted by atomic mass is 10.4. The maximum atomic E-state index is 11.6. The molecule has 0 saturated carbocycles. The monoisotopic (exact) mass is 201 g/mol. The lowest BCUT2D eigenvalue weighted by Gasteiger charge is -2.12. The van der Waals surface area contributed by atoms with Crippen LogP contribution in [0.4, 0.5) is 0 Å². The molecule has 13 heavy (non-hydrogen) atoms. The Bertz CT molecular complexity index is 218. The number of likely N-dealkylation sites (tertiary alicyclic amines) is 1. The summed E-state index contributed by atoms with van der Waals surface area (Å²) in [6.45, 7) is 4.56. The quantitative estimate of drug-likeness (QED) is 0.643. The zero-order valence-corrected chi connectivity index (χ0v) is 8.89. The molecule has 4 heteroatoms. The van der Waals surface area contributed by atoms with Gasteiger partial charge in [0.1, 0.15) is 0 Å². The number of amides is 2. The van der Waals surface area contributed by atoms with E-state index < -0.39 is 0 Å². The van der Waals surface area contributed by atoms with Crippen molar-refractivity contribution in [3.05, 3.63) is 0 Å². The highest BCUT2D eigenvalue weighted by Crippen LogP contribution is 2.24. The third-order valence-corrected chi connectivity index (χ3v) is 3.12. The molecule has 1 aliphatic rings. The zero-order chi connectivity index (χ0) is 9.84. The Kier molecular flexibility index (Phi) is 3.78. The smallest absolute Gasteiger partial charge is 0.242 e. The Labute approximate surface area is 82.9 Å². The van der Waals surface area contributed by atoms with E-state index in [9.17, 15) is 9.59 Å². The van der Waals surface area contributed by atoms with Crippen molar-refractivity contribution in [3.63, 3.8) is 0 Å². The molecule has 0 aromatic carbocycles. The van der Waals surface area contributed by atoms with Crippen molar-refractivity contribution in [1.29, 1.82) is 0 Å². The number of hydrogen-bond acceptors (Lipinski definition) is 3. The van der Waals surface area contributed by atoms with Gasteiger partial charge in [0.25, 0.3) is 0 Å². The van der Waals surface area contributed by atoms with Crippen molar-refractivity contribution < 1.29 is 9.59 Å². The number of thioether (sulfide) groups is 1. The second-order valence-electron chi connectivity index (χ2n) is 3.03. The van der Waals surface area contributed by atoms with Crippen LogP contribution in [0.25, 0.3) is 0 Å². The molecule has 74 valence electrons. The molecule has 1 fully saturated rings. The first-order valence-corrected chi connectivity index (χ1v) is 5.71. The Morgan fingerprint density at radius 2 is 2.15 bits per heavy atom. The fraction of sp³-hybridized carbons (Fsp3) is 0.778. The molecule has 0 aromatic heterocycles. The maximum Gasteiger partial charge on any atom is 0.242 e. The SMILES string of the molecule is CCCN1C(=O)CC(SCC)C1=O. The van der Waals surface area contributed by atoms with Gasteiger partial charge in [-0.3, -0.25) is 14.5 Å². The summed E-state index contributed by atoms with van der Waals surface area (Å²) in [6.07, 6.45) is 1.25. The average Bonchev–Trinajstić information content (AvgIpc) is 2.34. The minimum Gasteiger partial charge on any atom is -0.282 e. The molecule has 0 aliphatic carbocycles. The van der Waals surface area contributed by atoms with E-state index >= 15 is 0 Å². The van der Waals surface area contributed by atoms with Crippen LogP contribution in [0.1, 0.15) is 26.7 Å². The Balaban J connectivity index is 2.58. The number of carbonyl (C=O) groups is 2. The number of rotatable bonds is 4. The Hall–Kier alpha value is -0.510. The minimum absolute atomic E-state index is 0.00204. The largest absolute Gasteiger partial charge is 0.282 e. The van der Waals surface area contributed by atoms with Crippen LogP contribution in [0.5, 0.6) is 0 Å². The summed E-state index contributed by atoms with van der Waals surface area (Å²) in [5.41, 5.74) is 0. The van der Waals surface area contributed by atoms with Crippen LogP contribution in [0, 0.1) is 0 Å². The molecule has 3 nitrogen and oxygen atoms in total. The summed E-state index contributed by atoms with van der Waals surface area (Å²) in [4.78, 5) is 24.3. The molecule has 1 saturated heterocycles. The zero-order valence-electron chi connectivity index (χ0n) is 8.08. The lowest BCUT2D eigenvalue weighted by Crippen LogP contribution is -2.31. The van der Waals surface area contributed by atoms with Crippen molar-refractivity contribution in [2.45, 2.75) is 31.9 Å². The van der Waals surface area contributed by atoms with Crippen LogP contribution >= 0.6 is 11.8 Å². The highest BCUT2D eigenvalue weighted by molar-refractivity contribution is 8.00. The summed E-state index contributed by atoms with van der Waals surface area (Å²) < 4.78 is 0. The van der Waals surface area contributed by atoms with Crippen LogP contribution in [-0.2, 0) is 9.59 Å². The van der Waals surface area contributed by atoms with Crippen LogP contribution in [-0.4, -0.2) is 34.3 Å². The Morgan fingerprint density at radius 3 is 2.69 bits per heavy atom. The van der Waals surface area contributed by atoms with Gasteiger partial charge in [-0.05, 0) is 12.2 Å². The highest BCUT2D eigenvalue weighted by atomic mass is 32.2. The van der Waals surface area contributed by atoms with Crippen molar-refractivity contribution in [2.75, 3.05) is 12.3 Å². The van der Waals surface area contributed by atoms with Gasteiger partial charge in [0.2, 0.25) is 11.8 Å². The first kappa shape index (κ1) is 10.6. The van der Waals surface area contributed by atoms with E-state index in [1.165, 1.54) is 4.90 Å². The van der Waals surface area contributed by atoms with E-state index in [1.807, 2.05) is 13.8 Å². The lowest BCUT2D eigenvalue weighted by molar-refractivity contribution is -0.138. The van der Waals surface area contributed by atoms with Gasteiger partial charge < -0.3 is 0 Å². The number of imide groups is 1. The molecule has 0 aromatic rings. The van der Waals surface area contributed by atoms with Crippen LogP contribution < -0.4 is 0 Å². The summed E-state index contributed by atoms with van der Waals surface area (Å²) in [6, 6.07) is 0. The van der Waals surface area contributed by atoms with Gasteiger partial charge in [-0.25, -0.2) is 0 Å².